The van der Waals surface area contributed by atoms with Crippen LogP contribution in [-0.4, -0.2) is 27.6 Å². The molecule has 1 fully saturated rings. The Morgan fingerprint density at radius 3 is 2.33 bits per heavy atom. The summed E-state index contributed by atoms with van der Waals surface area (Å²) in [4.78, 5) is 23.0. The molecule has 2 aromatic rings. The molecule has 1 saturated heterocycles. The lowest BCUT2D eigenvalue weighted by atomic mass is 10.1. The van der Waals surface area contributed by atoms with Gasteiger partial charge in [0.15, 0.2) is 0 Å². The zero-order chi connectivity index (χ0) is 14.8. The molecule has 0 amide bonds. The molecule has 0 aliphatic carbocycles. The summed E-state index contributed by atoms with van der Waals surface area (Å²) in [5, 5.41) is 0. The number of para-hydroxylation sites is 1. The molecular formula is C16H20N4O. The van der Waals surface area contributed by atoms with Gasteiger partial charge in [-0.2, -0.15) is 4.98 Å². The number of piperidine rings is 1. The van der Waals surface area contributed by atoms with E-state index in [4.69, 9.17) is 0 Å². The first-order valence-electron chi connectivity index (χ1n) is 7.44. The van der Waals surface area contributed by atoms with Crippen LogP contribution < -0.4 is 10.6 Å². The maximum atomic E-state index is 12.4. The van der Waals surface area contributed by atoms with Gasteiger partial charge in [0, 0.05) is 13.1 Å². The van der Waals surface area contributed by atoms with E-state index in [0.717, 1.165) is 42.7 Å². The third kappa shape index (κ3) is 2.68. The maximum Gasteiger partial charge on any atom is 0.356 e. The summed E-state index contributed by atoms with van der Waals surface area (Å²) in [6.07, 6.45) is 5.14. The molecule has 0 radical (unpaired) electrons. The van der Waals surface area contributed by atoms with E-state index in [2.05, 4.69) is 14.9 Å². The molecule has 0 atom stereocenters. The SMILES string of the molecule is Cc1cccc(C)c1-n1cnc(N2CCCCC2)nc1=O. The minimum Gasteiger partial charge on any atom is -0.341 e. The standard InChI is InChI=1S/C16H20N4O/c1-12-7-6-8-13(2)14(12)20-11-17-15(18-16(20)21)19-9-4-3-5-10-19/h6-8,11H,3-5,9-10H2,1-2H3. The van der Waals surface area contributed by atoms with Crippen molar-refractivity contribution in [1.29, 1.82) is 0 Å². The number of anilines is 1. The number of aromatic nitrogens is 3. The first kappa shape index (κ1) is 13.8. The second-order valence-electron chi connectivity index (χ2n) is 5.60. The quantitative estimate of drug-likeness (QED) is 0.848. The fourth-order valence-corrected chi connectivity index (χ4v) is 2.91. The predicted molar refractivity (Wildman–Crippen MR) is 83.2 cm³/mol. The molecule has 0 unspecified atom stereocenters. The van der Waals surface area contributed by atoms with Crippen LogP contribution >= 0.6 is 0 Å². The fraction of sp³-hybridized carbons (Fsp3) is 0.438. The van der Waals surface area contributed by atoms with Crippen LogP contribution in [0, 0.1) is 13.8 Å². The first-order valence-corrected chi connectivity index (χ1v) is 7.44. The fourth-order valence-electron chi connectivity index (χ4n) is 2.91. The van der Waals surface area contributed by atoms with Gasteiger partial charge in [0.2, 0.25) is 5.95 Å². The van der Waals surface area contributed by atoms with Crippen molar-refractivity contribution in [2.45, 2.75) is 33.1 Å². The van der Waals surface area contributed by atoms with Gasteiger partial charge in [-0.25, -0.2) is 9.78 Å². The second kappa shape index (κ2) is 5.68. The van der Waals surface area contributed by atoms with Crippen LogP contribution in [0.4, 0.5) is 5.95 Å². The van der Waals surface area contributed by atoms with E-state index in [1.54, 1.807) is 6.33 Å². The summed E-state index contributed by atoms with van der Waals surface area (Å²) >= 11 is 0. The van der Waals surface area contributed by atoms with Gasteiger partial charge in [0.25, 0.3) is 0 Å². The van der Waals surface area contributed by atoms with Crippen LogP contribution in [0.3, 0.4) is 0 Å². The minimum absolute atomic E-state index is 0.261. The lowest BCUT2D eigenvalue weighted by Crippen LogP contribution is -2.34. The Labute approximate surface area is 124 Å². The molecule has 3 rings (SSSR count). The zero-order valence-corrected chi connectivity index (χ0v) is 12.5. The Balaban J connectivity index is 2.00. The summed E-state index contributed by atoms with van der Waals surface area (Å²) in [5.74, 6) is 0.558. The van der Waals surface area contributed by atoms with E-state index in [1.807, 2.05) is 32.0 Å². The van der Waals surface area contributed by atoms with E-state index in [9.17, 15) is 4.79 Å². The second-order valence-corrected chi connectivity index (χ2v) is 5.60. The highest BCUT2D eigenvalue weighted by atomic mass is 16.1. The van der Waals surface area contributed by atoms with Crippen LogP contribution in [0.5, 0.6) is 0 Å². The van der Waals surface area contributed by atoms with Gasteiger partial charge >= 0.3 is 5.69 Å². The molecule has 0 spiro atoms. The van der Waals surface area contributed by atoms with E-state index in [0.29, 0.717) is 5.95 Å². The van der Waals surface area contributed by atoms with Crippen molar-refractivity contribution >= 4 is 5.95 Å². The Morgan fingerprint density at radius 2 is 1.71 bits per heavy atom. The van der Waals surface area contributed by atoms with Crippen molar-refractivity contribution in [2.75, 3.05) is 18.0 Å². The van der Waals surface area contributed by atoms with E-state index in [-0.39, 0.29) is 5.69 Å². The Kier molecular flexibility index (Phi) is 3.73. The molecule has 1 aromatic heterocycles. The molecule has 0 bridgehead atoms. The Hall–Kier alpha value is -2.17. The summed E-state index contributed by atoms with van der Waals surface area (Å²) in [6.45, 7) is 5.86. The largest absolute Gasteiger partial charge is 0.356 e. The van der Waals surface area contributed by atoms with E-state index >= 15 is 0 Å². The minimum atomic E-state index is -0.261. The molecule has 0 N–H and O–H groups in total. The van der Waals surface area contributed by atoms with Crippen LogP contribution in [-0.2, 0) is 0 Å². The summed E-state index contributed by atoms with van der Waals surface area (Å²) in [7, 11) is 0. The third-order valence-electron chi connectivity index (χ3n) is 4.01. The predicted octanol–water partition coefficient (Wildman–Crippen LogP) is 2.23. The number of benzene rings is 1. The third-order valence-corrected chi connectivity index (χ3v) is 4.01. The van der Waals surface area contributed by atoms with Gasteiger partial charge in [-0.1, -0.05) is 18.2 Å². The van der Waals surface area contributed by atoms with Gasteiger partial charge < -0.3 is 4.90 Å². The Bertz CT molecular complexity index is 681. The number of hydrogen-bond donors (Lipinski definition) is 0. The van der Waals surface area contributed by atoms with Crippen LogP contribution in [0.2, 0.25) is 0 Å². The van der Waals surface area contributed by atoms with Crippen LogP contribution in [0.1, 0.15) is 30.4 Å². The maximum absolute atomic E-state index is 12.4. The van der Waals surface area contributed by atoms with Crippen molar-refractivity contribution in [3.05, 3.63) is 46.1 Å². The Morgan fingerprint density at radius 1 is 1.05 bits per heavy atom. The average molecular weight is 284 g/mol. The van der Waals surface area contributed by atoms with E-state index < -0.39 is 0 Å². The molecule has 1 aromatic carbocycles. The van der Waals surface area contributed by atoms with Gasteiger partial charge in [-0.3, -0.25) is 4.57 Å². The number of rotatable bonds is 2. The van der Waals surface area contributed by atoms with Gasteiger partial charge in [0.1, 0.15) is 6.33 Å². The van der Waals surface area contributed by atoms with Crippen molar-refractivity contribution in [2.24, 2.45) is 0 Å². The lowest BCUT2D eigenvalue weighted by molar-refractivity contribution is 0.565. The molecule has 110 valence electrons. The van der Waals surface area contributed by atoms with Crippen molar-refractivity contribution in [3.8, 4) is 5.69 Å². The van der Waals surface area contributed by atoms with Crippen LogP contribution in [0.25, 0.3) is 5.69 Å². The molecule has 1 aliphatic heterocycles. The molecular weight excluding hydrogens is 264 g/mol. The number of aryl methyl sites for hydroxylation is 2. The normalized spacial score (nSPS) is 15.2. The van der Waals surface area contributed by atoms with Gasteiger partial charge in [-0.15, -0.1) is 0 Å². The molecule has 5 heteroatoms. The highest BCUT2D eigenvalue weighted by Crippen LogP contribution is 2.18. The molecule has 0 saturated carbocycles. The summed E-state index contributed by atoms with van der Waals surface area (Å²) in [6, 6.07) is 5.98. The highest BCUT2D eigenvalue weighted by molar-refractivity contribution is 5.46. The lowest BCUT2D eigenvalue weighted by Gasteiger charge is -2.26. The van der Waals surface area contributed by atoms with Crippen molar-refractivity contribution < 1.29 is 0 Å². The molecule has 2 heterocycles. The summed E-state index contributed by atoms with van der Waals surface area (Å²) in [5.41, 5.74) is 2.72. The average Bonchev–Trinajstić information content (AvgIpc) is 2.49. The van der Waals surface area contributed by atoms with Gasteiger partial charge in [0.05, 0.1) is 5.69 Å². The topological polar surface area (TPSA) is 51.0 Å². The van der Waals surface area contributed by atoms with Gasteiger partial charge in [-0.05, 0) is 44.2 Å². The van der Waals surface area contributed by atoms with Crippen molar-refractivity contribution in [3.63, 3.8) is 0 Å². The molecule has 1 aliphatic rings. The smallest absolute Gasteiger partial charge is 0.341 e. The first-order chi connectivity index (χ1) is 10.2. The number of nitrogens with zero attached hydrogens (tertiary/aromatic N) is 4. The van der Waals surface area contributed by atoms with Crippen molar-refractivity contribution in [1.82, 2.24) is 14.5 Å². The number of hydrogen-bond acceptors (Lipinski definition) is 4. The van der Waals surface area contributed by atoms with Crippen LogP contribution in [0.15, 0.2) is 29.3 Å². The molecule has 21 heavy (non-hydrogen) atoms. The molecule has 5 nitrogen and oxygen atoms in total. The zero-order valence-electron chi connectivity index (χ0n) is 12.5. The summed E-state index contributed by atoms with van der Waals surface area (Å²) < 4.78 is 1.54. The van der Waals surface area contributed by atoms with E-state index in [1.165, 1.54) is 11.0 Å². The monoisotopic (exact) mass is 284 g/mol. The highest BCUT2D eigenvalue weighted by Gasteiger charge is 2.15.